The van der Waals surface area contributed by atoms with Gasteiger partial charge in [0.15, 0.2) is 0 Å². The van der Waals surface area contributed by atoms with E-state index >= 15 is 0 Å². The summed E-state index contributed by atoms with van der Waals surface area (Å²) in [6, 6.07) is 29.3. The van der Waals surface area contributed by atoms with E-state index in [0.29, 0.717) is 0 Å². The number of rotatable bonds is 0. The molecule has 4 rings (SSSR count). The molecule has 0 nitrogen and oxygen atoms in total. The van der Waals surface area contributed by atoms with Crippen molar-refractivity contribution in [3.05, 3.63) is 105 Å². The summed E-state index contributed by atoms with van der Waals surface area (Å²) in [4.78, 5) is 0. The van der Waals surface area contributed by atoms with Crippen LogP contribution in [-0.4, -0.2) is 0 Å². The first kappa shape index (κ1) is 21.3. The summed E-state index contributed by atoms with van der Waals surface area (Å²) in [5.74, 6) is 0. The predicted octanol–water partition coefficient (Wildman–Crippen LogP) is 6.56. The Balaban J connectivity index is 0.000000413. The minimum Gasteiger partial charge on any atom is -0.518 e. The van der Waals surface area contributed by atoms with Crippen LogP contribution in [0, 0.1) is 14.0 Å². The Morgan fingerprint density at radius 3 is 1.52 bits per heavy atom. The smallest absolute Gasteiger partial charge is 0.518 e. The van der Waals surface area contributed by atoms with Gasteiger partial charge in [0.2, 0.25) is 0 Å². The van der Waals surface area contributed by atoms with Crippen molar-refractivity contribution in [2.45, 2.75) is 6.92 Å². The minimum atomic E-state index is 0. The Kier molecular flexibility index (Phi) is 10.9. The molecule has 0 spiro atoms. The molecule has 0 bridgehead atoms. The van der Waals surface area contributed by atoms with Crippen molar-refractivity contribution in [3.63, 3.8) is 0 Å². The van der Waals surface area contributed by atoms with Crippen LogP contribution in [-0.2, 0) is 26.2 Å². The van der Waals surface area contributed by atoms with Crippen LogP contribution >= 0.6 is 0 Å². The molecular formula is C22H22Zr. The van der Waals surface area contributed by atoms with Gasteiger partial charge in [-0.1, -0.05) is 43.3 Å². The van der Waals surface area contributed by atoms with Crippen LogP contribution in [0.5, 0.6) is 0 Å². The normalized spacial score (nSPS) is 8.57. The molecule has 1 heteroatoms. The van der Waals surface area contributed by atoms with Crippen molar-refractivity contribution in [2.24, 2.45) is 0 Å². The first-order chi connectivity index (χ1) is 10.4. The molecule has 0 aromatic heterocycles. The molecule has 4 aromatic carbocycles. The summed E-state index contributed by atoms with van der Waals surface area (Å²) in [6.07, 6.45) is 1.50. The standard InChI is InChI=1S/C13H9.C5H5.C3H5.CH3.Zr/c1-3-7-12-10(5-1)9-11-6-2-4-8-13(11)12;1-2-4-5-3-1;1-3-2;;/h1-9H;1-5H;1,3H,2H3;1H3;/q4*-1;+4. The number of allylic oxidation sites excluding steroid dienone is 1. The van der Waals surface area contributed by atoms with Gasteiger partial charge in [-0.2, -0.15) is 18.2 Å². The van der Waals surface area contributed by atoms with E-state index in [-0.39, 0.29) is 33.6 Å². The number of hydrogen-bond donors (Lipinski definition) is 0. The van der Waals surface area contributed by atoms with Crippen LogP contribution in [0.2, 0.25) is 0 Å². The topological polar surface area (TPSA) is 0 Å². The van der Waals surface area contributed by atoms with Crippen molar-refractivity contribution in [2.75, 3.05) is 0 Å². The SMILES string of the molecule is [CH-]=CC.[CH3-].[Zr+4].c1cc[cH-]c1.c1ccc2c(c1)[cH-]c1ccccc12. The zero-order valence-corrected chi connectivity index (χ0v) is 16.2. The van der Waals surface area contributed by atoms with Crippen molar-refractivity contribution < 1.29 is 26.2 Å². The van der Waals surface area contributed by atoms with Gasteiger partial charge >= 0.3 is 26.2 Å². The van der Waals surface area contributed by atoms with Crippen molar-refractivity contribution in [1.82, 2.24) is 0 Å². The molecule has 0 atom stereocenters. The van der Waals surface area contributed by atoms with Gasteiger partial charge in [-0.3, -0.25) is 6.08 Å². The first-order valence-corrected chi connectivity index (χ1v) is 7.06. The van der Waals surface area contributed by atoms with Gasteiger partial charge < -0.3 is 14.0 Å². The molecule has 0 aliphatic rings. The first-order valence-electron chi connectivity index (χ1n) is 7.06. The van der Waals surface area contributed by atoms with Crippen molar-refractivity contribution in [3.8, 4) is 0 Å². The Bertz CT molecular complexity index is 708. The molecule has 0 amide bonds. The Morgan fingerprint density at radius 1 is 0.783 bits per heavy atom. The van der Waals surface area contributed by atoms with Crippen LogP contribution in [0.1, 0.15) is 6.92 Å². The molecule has 0 saturated heterocycles. The maximum atomic E-state index is 4.72. The van der Waals surface area contributed by atoms with Gasteiger partial charge in [-0.25, -0.2) is 12.1 Å². The van der Waals surface area contributed by atoms with Crippen molar-refractivity contribution in [1.29, 1.82) is 0 Å². The summed E-state index contributed by atoms with van der Waals surface area (Å²) >= 11 is 0. The molecule has 4 aromatic rings. The largest absolute Gasteiger partial charge is 4.00 e. The molecule has 0 unspecified atom stereocenters. The Hall–Kier alpha value is -1.72. The molecule has 0 heterocycles. The molecule has 0 radical (unpaired) electrons. The molecule has 0 fully saturated rings. The average molecular weight is 378 g/mol. The second-order valence-electron chi connectivity index (χ2n) is 4.61. The fourth-order valence-electron chi connectivity index (χ4n) is 2.22. The van der Waals surface area contributed by atoms with Gasteiger partial charge in [-0.05, 0) is 0 Å². The predicted molar refractivity (Wildman–Crippen MR) is 100 cm³/mol. The van der Waals surface area contributed by atoms with Crippen LogP contribution in [0.25, 0.3) is 21.5 Å². The van der Waals surface area contributed by atoms with Gasteiger partial charge in [0.05, 0.1) is 0 Å². The molecular weight excluding hydrogens is 355 g/mol. The van der Waals surface area contributed by atoms with Crippen LogP contribution < -0.4 is 0 Å². The number of fused-ring (bicyclic) bond motifs is 3. The van der Waals surface area contributed by atoms with E-state index in [1.54, 1.807) is 6.92 Å². The molecule has 0 aliphatic carbocycles. The minimum absolute atomic E-state index is 0. The fraction of sp³-hybridized carbons (Fsp3) is 0.0455. The second-order valence-corrected chi connectivity index (χ2v) is 4.61. The van der Waals surface area contributed by atoms with Crippen LogP contribution in [0.4, 0.5) is 0 Å². The summed E-state index contributed by atoms with van der Waals surface area (Å²) in [5.41, 5.74) is 0. The molecule has 23 heavy (non-hydrogen) atoms. The monoisotopic (exact) mass is 376 g/mol. The van der Waals surface area contributed by atoms with Crippen molar-refractivity contribution >= 4 is 21.5 Å². The van der Waals surface area contributed by atoms with E-state index in [2.05, 4.69) is 54.6 Å². The molecule has 114 valence electrons. The van der Waals surface area contributed by atoms with E-state index < -0.39 is 0 Å². The maximum Gasteiger partial charge on any atom is 4.00 e. The summed E-state index contributed by atoms with van der Waals surface area (Å²) in [6.45, 7) is 6.50. The Morgan fingerprint density at radius 2 is 1.17 bits per heavy atom. The summed E-state index contributed by atoms with van der Waals surface area (Å²) in [7, 11) is 0. The van der Waals surface area contributed by atoms with Gasteiger partial charge in [0.25, 0.3) is 0 Å². The number of benzene rings is 2. The van der Waals surface area contributed by atoms with Gasteiger partial charge in [-0.15, -0.1) is 39.7 Å². The Labute approximate surface area is 159 Å². The molecule has 0 saturated carbocycles. The fourth-order valence-corrected chi connectivity index (χ4v) is 2.22. The third-order valence-corrected chi connectivity index (χ3v) is 3.08. The zero-order chi connectivity index (χ0) is 14.9. The third-order valence-electron chi connectivity index (χ3n) is 3.08. The maximum absolute atomic E-state index is 4.72. The molecule has 0 aliphatic heterocycles. The van der Waals surface area contributed by atoms with E-state index in [1.165, 1.54) is 27.6 Å². The molecule has 0 N–H and O–H groups in total. The van der Waals surface area contributed by atoms with Gasteiger partial charge in [0, 0.05) is 0 Å². The summed E-state index contributed by atoms with van der Waals surface area (Å²) < 4.78 is 0. The van der Waals surface area contributed by atoms with E-state index in [1.807, 2.05) is 30.3 Å². The number of hydrogen-bond acceptors (Lipinski definition) is 0. The quantitative estimate of drug-likeness (QED) is 0.304. The van der Waals surface area contributed by atoms with Gasteiger partial charge in [0.1, 0.15) is 0 Å². The van der Waals surface area contributed by atoms with Crippen LogP contribution in [0.3, 0.4) is 0 Å². The zero-order valence-electron chi connectivity index (χ0n) is 13.7. The van der Waals surface area contributed by atoms with Crippen LogP contribution in [0.15, 0.2) is 91.0 Å². The second kappa shape index (κ2) is 11.8. The third kappa shape index (κ3) is 6.12. The van der Waals surface area contributed by atoms with E-state index in [0.717, 1.165) is 0 Å². The van der Waals surface area contributed by atoms with E-state index in [4.69, 9.17) is 6.58 Å². The average Bonchev–Trinajstić information content (AvgIpc) is 3.19. The summed E-state index contributed by atoms with van der Waals surface area (Å²) in [5, 5.41) is 5.39. The van der Waals surface area contributed by atoms with E-state index in [9.17, 15) is 0 Å².